The quantitative estimate of drug-likeness (QED) is 0.771. The standard InChI is InChI=1S/C10H17N3O3S/c1-4-13(9-6-16-7-9)17(14,15)10-8(2)5-11-12(10)3/h5,9H,4,6-7H2,1-3H3. The number of aromatic nitrogens is 2. The molecule has 0 atom stereocenters. The highest BCUT2D eigenvalue weighted by Gasteiger charge is 2.36. The minimum atomic E-state index is -3.48. The van der Waals surface area contributed by atoms with Gasteiger partial charge in [-0.25, -0.2) is 8.42 Å². The second-order valence-electron chi connectivity index (χ2n) is 4.16. The van der Waals surface area contributed by atoms with E-state index >= 15 is 0 Å². The molecule has 0 radical (unpaired) electrons. The van der Waals surface area contributed by atoms with Crippen LogP contribution >= 0.6 is 0 Å². The van der Waals surface area contributed by atoms with Crippen LogP contribution in [0.3, 0.4) is 0 Å². The maximum absolute atomic E-state index is 12.5. The molecule has 1 aliphatic heterocycles. The number of sulfonamides is 1. The molecule has 0 spiro atoms. The summed E-state index contributed by atoms with van der Waals surface area (Å²) in [6.45, 7) is 4.99. The molecular formula is C10H17N3O3S. The van der Waals surface area contributed by atoms with Crippen LogP contribution in [-0.4, -0.2) is 48.3 Å². The summed E-state index contributed by atoms with van der Waals surface area (Å²) in [4.78, 5) is 0. The van der Waals surface area contributed by atoms with Crippen molar-refractivity contribution in [3.63, 3.8) is 0 Å². The van der Waals surface area contributed by atoms with Crippen LogP contribution in [0.4, 0.5) is 0 Å². The first-order valence-electron chi connectivity index (χ1n) is 5.56. The Morgan fingerprint density at radius 1 is 1.59 bits per heavy atom. The molecule has 0 saturated carbocycles. The minimum absolute atomic E-state index is 0.0423. The lowest BCUT2D eigenvalue weighted by Gasteiger charge is -2.35. The molecule has 7 heteroatoms. The normalized spacial score (nSPS) is 17.4. The van der Waals surface area contributed by atoms with Crippen LogP contribution in [0.1, 0.15) is 12.5 Å². The first kappa shape index (κ1) is 12.5. The van der Waals surface area contributed by atoms with Crippen LogP contribution in [0, 0.1) is 6.92 Å². The van der Waals surface area contributed by atoms with E-state index in [2.05, 4.69) is 5.10 Å². The van der Waals surface area contributed by atoms with Crippen LogP contribution in [-0.2, 0) is 21.8 Å². The molecular weight excluding hydrogens is 242 g/mol. The Bertz CT molecular complexity index is 485. The van der Waals surface area contributed by atoms with Gasteiger partial charge >= 0.3 is 0 Å². The molecule has 1 fully saturated rings. The van der Waals surface area contributed by atoms with E-state index in [9.17, 15) is 8.42 Å². The van der Waals surface area contributed by atoms with Gasteiger partial charge in [-0.2, -0.15) is 9.40 Å². The number of rotatable bonds is 4. The summed E-state index contributed by atoms with van der Waals surface area (Å²) in [7, 11) is -1.83. The first-order chi connectivity index (χ1) is 7.98. The van der Waals surface area contributed by atoms with Gasteiger partial charge < -0.3 is 4.74 Å². The molecule has 96 valence electrons. The number of nitrogens with zero attached hydrogens (tertiary/aromatic N) is 3. The van der Waals surface area contributed by atoms with Gasteiger partial charge in [-0.15, -0.1) is 0 Å². The van der Waals surface area contributed by atoms with Crippen molar-refractivity contribution >= 4 is 10.0 Å². The van der Waals surface area contributed by atoms with E-state index in [1.807, 2.05) is 6.92 Å². The Morgan fingerprint density at radius 3 is 2.59 bits per heavy atom. The van der Waals surface area contributed by atoms with E-state index in [0.717, 1.165) is 0 Å². The Hall–Kier alpha value is -0.920. The van der Waals surface area contributed by atoms with Crippen molar-refractivity contribution in [3.8, 4) is 0 Å². The Labute approximate surface area is 101 Å². The average Bonchev–Trinajstić information content (AvgIpc) is 2.51. The van der Waals surface area contributed by atoms with Gasteiger partial charge in [0.1, 0.15) is 0 Å². The molecule has 2 rings (SSSR count). The molecule has 6 nitrogen and oxygen atoms in total. The highest BCUT2D eigenvalue weighted by Crippen LogP contribution is 2.23. The predicted octanol–water partition coefficient (Wildman–Crippen LogP) is 0.138. The molecule has 0 N–H and O–H groups in total. The van der Waals surface area contributed by atoms with Gasteiger partial charge in [0, 0.05) is 19.2 Å². The largest absolute Gasteiger partial charge is 0.378 e. The summed E-state index contributed by atoms with van der Waals surface area (Å²) in [6.07, 6.45) is 1.57. The number of aryl methyl sites for hydroxylation is 2. The zero-order valence-electron chi connectivity index (χ0n) is 10.3. The van der Waals surface area contributed by atoms with Crippen molar-refractivity contribution in [2.45, 2.75) is 24.9 Å². The number of likely N-dealkylation sites (N-methyl/N-ethyl adjacent to an activating group) is 1. The van der Waals surface area contributed by atoms with Gasteiger partial charge in [-0.3, -0.25) is 4.68 Å². The third kappa shape index (κ3) is 1.98. The van der Waals surface area contributed by atoms with Gasteiger partial charge in [0.05, 0.1) is 25.5 Å². The highest BCUT2D eigenvalue weighted by atomic mass is 32.2. The third-order valence-corrected chi connectivity index (χ3v) is 5.20. The van der Waals surface area contributed by atoms with Crippen molar-refractivity contribution in [1.29, 1.82) is 0 Å². The third-order valence-electron chi connectivity index (χ3n) is 2.95. The molecule has 1 saturated heterocycles. The smallest absolute Gasteiger partial charge is 0.260 e. The summed E-state index contributed by atoms with van der Waals surface area (Å²) in [5.41, 5.74) is 0.672. The first-order valence-corrected chi connectivity index (χ1v) is 7.00. The average molecular weight is 259 g/mol. The summed E-state index contributed by atoms with van der Waals surface area (Å²) in [5.74, 6) is 0. The molecule has 0 bridgehead atoms. The Kier molecular flexibility index (Phi) is 3.24. The molecule has 17 heavy (non-hydrogen) atoms. The van der Waals surface area contributed by atoms with Crippen LogP contribution < -0.4 is 0 Å². The van der Waals surface area contributed by atoms with Gasteiger partial charge in [-0.05, 0) is 6.92 Å². The minimum Gasteiger partial charge on any atom is -0.378 e. The SMILES string of the molecule is CCN(C1COC1)S(=O)(=O)c1c(C)cnn1C. The van der Waals surface area contributed by atoms with Gasteiger partial charge in [0.2, 0.25) is 0 Å². The molecule has 0 aromatic carbocycles. The molecule has 1 aliphatic rings. The molecule has 2 heterocycles. The second kappa shape index (κ2) is 4.40. The zero-order chi connectivity index (χ0) is 12.6. The van der Waals surface area contributed by atoms with E-state index in [-0.39, 0.29) is 11.1 Å². The van der Waals surface area contributed by atoms with Crippen molar-refractivity contribution in [2.75, 3.05) is 19.8 Å². The zero-order valence-corrected chi connectivity index (χ0v) is 11.1. The topological polar surface area (TPSA) is 64.4 Å². The fourth-order valence-electron chi connectivity index (χ4n) is 2.03. The lowest BCUT2D eigenvalue weighted by Crippen LogP contribution is -2.51. The summed E-state index contributed by atoms with van der Waals surface area (Å²) >= 11 is 0. The van der Waals surface area contributed by atoms with Crippen molar-refractivity contribution in [3.05, 3.63) is 11.8 Å². The fourth-order valence-corrected chi connectivity index (χ4v) is 3.95. The number of ether oxygens (including phenoxy) is 1. The lowest BCUT2D eigenvalue weighted by atomic mass is 10.2. The maximum Gasteiger partial charge on any atom is 0.260 e. The molecule has 0 amide bonds. The molecule has 0 unspecified atom stereocenters. The number of hydrogen-bond acceptors (Lipinski definition) is 4. The van der Waals surface area contributed by atoms with Gasteiger partial charge in [-0.1, -0.05) is 6.92 Å². The lowest BCUT2D eigenvalue weighted by molar-refractivity contribution is -0.0356. The monoisotopic (exact) mass is 259 g/mol. The summed E-state index contributed by atoms with van der Waals surface area (Å²) in [5, 5.41) is 4.25. The van der Waals surface area contributed by atoms with E-state index in [4.69, 9.17) is 4.74 Å². The molecule has 1 aromatic heterocycles. The maximum atomic E-state index is 12.5. The van der Waals surface area contributed by atoms with Gasteiger partial charge in [0.15, 0.2) is 5.03 Å². The van der Waals surface area contributed by atoms with Crippen LogP contribution in [0.2, 0.25) is 0 Å². The van der Waals surface area contributed by atoms with Crippen molar-refractivity contribution in [1.82, 2.24) is 14.1 Å². The van der Waals surface area contributed by atoms with E-state index in [1.54, 1.807) is 20.2 Å². The van der Waals surface area contributed by atoms with E-state index < -0.39 is 10.0 Å². The van der Waals surface area contributed by atoms with Crippen LogP contribution in [0.15, 0.2) is 11.2 Å². The van der Waals surface area contributed by atoms with Crippen LogP contribution in [0.25, 0.3) is 0 Å². The predicted molar refractivity (Wildman–Crippen MR) is 62.1 cm³/mol. The van der Waals surface area contributed by atoms with E-state index in [0.29, 0.717) is 25.3 Å². The molecule has 1 aromatic rings. The molecule has 0 aliphatic carbocycles. The van der Waals surface area contributed by atoms with Crippen LogP contribution in [0.5, 0.6) is 0 Å². The Balaban J connectivity index is 2.41. The summed E-state index contributed by atoms with van der Waals surface area (Å²) in [6, 6.07) is -0.0423. The Morgan fingerprint density at radius 2 is 2.24 bits per heavy atom. The van der Waals surface area contributed by atoms with E-state index in [1.165, 1.54) is 8.99 Å². The highest BCUT2D eigenvalue weighted by molar-refractivity contribution is 7.89. The summed E-state index contributed by atoms with van der Waals surface area (Å²) < 4.78 is 33.0. The number of hydrogen-bond donors (Lipinski definition) is 0. The fraction of sp³-hybridized carbons (Fsp3) is 0.700. The van der Waals surface area contributed by atoms with Gasteiger partial charge in [0.25, 0.3) is 10.0 Å². The second-order valence-corrected chi connectivity index (χ2v) is 5.96. The van der Waals surface area contributed by atoms with Crippen molar-refractivity contribution < 1.29 is 13.2 Å². The van der Waals surface area contributed by atoms with Crippen molar-refractivity contribution in [2.24, 2.45) is 7.05 Å².